The molecule has 0 bridgehead atoms. The van der Waals surface area contributed by atoms with Gasteiger partial charge in [-0.05, 0) is 30.3 Å². The lowest BCUT2D eigenvalue weighted by atomic mass is 9.94. The molecule has 4 rings (SSSR count). The number of ether oxygens (including phenoxy) is 1. The number of Topliss-reactive ketones (excluding diaryl/α,β-unsaturated/α-hetero) is 1. The third kappa shape index (κ3) is 3.80. The number of carbonyl (C=O) groups is 2. The molecule has 3 aromatic carbocycles. The molecule has 0 aliphatic carbocycles. The first-order valence-electron chi connectivity index (χ1n) is 9.77. The van der Waals surface area contributed by atoms with Gasteiger partial charge in [-0.25, -0.2) is 4.39 Å². The zero-order valence-electron chi connectivity index (χ0n) is 17.3. The van der Waals surface area contributed by atoms with Gasteiger partial charge in [-0.3, -0.25) is 24.6 Å². The smallest absolute Gasteiger partial charge is 0.300 e. The Balaban J connectivity index is 1.98. The number of hydrogen-bond acceptors (Lipinski definition) is 6. The lowest BCUT2D eigenvalue weighted by Gasteiger charge is -2.26. The molecule has 1 aliphatic rings. The zero-order valence-corrected chi connectivity index (χ0v) is 17.3. The van der Waals surface area contributed by atoms with Crippen molar-refractivity contribution in [3.63, 3.8) is 0 Å². The molecule has 9 heteroatoms. The number of anilines is 1. The number of nitro benzene ring substituents is 1. The molecule has 1 saturated heterocycles. The molecular weight excluding hydrogens is 431 g/mol. The van der Waals surface area contributed by atoms with Crippen LogP contribution < -0.4 is 9.64 Å². The average Bonchev–Trinajstić information content (AvgIpc) is 3.09. The van der Waals surface area contributed by atoms with Crippen molar-refractivity contribution in [2.45, 2.75) is 6.04 Å². The zero-order chi connectivity index (χ0) is 23.7. The Bertz CT molecular complexity index is 1300. The average molecular weight is 448 g/mol. The third-order valence-corrected chi connectivity index (χ3v) is 5.31. The number of amides is 1. The van der Waals surface area contributed by atoms with Crippen molar-refractivity contribution in [2.24, 2.45) is 0 Å². The van der Waals surface area contributed by atoms with Crippen molar-refractivity contribution >= 4 is 28.8 Å². The van der Waals surface area contributed by atoms with E-state index >= 15 is 0 Å². The highest BCUT2D eigenvalue weighted by Crippen LogP contribution is 2.45. The number of aliphatic hydroxyl groups is 1. The summed E-state index contributed by atoms with van der Waals surface area (Å²) in [5, 5.41) is 22.3. The van der Waals surface area contributed by atoms with Crippen molar-refractivity contribution in [3.8, 4) is 5.75 Å². The van der Waals surface area contributed by atoms with E-state index in [2.05, 4.69) is 0 Å². The SMILES string of the molecule is COc1ccccc1C1/C(=C(\O)c2cccc([N+](=O)[O-])c2)C(=O)C(=O)N1c1ccc(F)cc1. The van der Waals surface area contributed by atoms with E-state index in [0.29, 0.717) is 11.3 Å². The van der Waals surface area contributed by atoms with Gasteiger partial charge in [0.1, 0.15) is 17.3 Å². The van der Waals surface area contributed by atoms with Crippen LogP contribution in [0, 0.1) is 15.9 Å². The highest BCUT2D eigenvalue weighted by molar-refractivity contribution is 6.51. The first kappa shape index (κ1) is 21.7. The molecule has 8 nitrogen and oxygen atoms in total. The van der Waals surface area contributed by atoms with E-state index < -0.39 is 34.2 Å². The molecule has 166 valence electrons. The number of nitrogens with zero attached hydrogens (tertiary/aromatic N) is 2. The molecule has 0 spiro atoms. The van der Waals surface area contributed by atoms with Crippen molar-refractivity contribution in [1.82, 2.24) is 0 Å². The molecule has 1 fully saturated rings. The maximum Gasteiger partial charge on any atom is 0.300 e. The fraction of sp³-hybridized carbons (Fsp3) is 0.0833. The van der Waals surface area contributed by atoms with Gasteiger partial charge in [0.15, 0.2) is 0 Å². The van der Waals surface area contributed by atoms with E-state index in [0.717, 1.165) is 23.1 Å². The fourth-order valence-electron chi connectivity index (χ4n) is 3.81. The maximum atomic E-state index is 13.5. The summed E-state index contributed by atoms with van der Waals surface area (Å²) in [7, 11) is 1.42. The largest absolute Gasteiger partial charge is 0.507 e. The number of rotatable bonds is 5. The van der Waals surface area contributed by atoms with Crippen LogP contribution in [0.3, 0.4) is 0 Å². The predicted molar refractivity (Wildman–Crippen MR) is 117 cm³/mol. The van der Waals surface area contributed by atoms with Gasteiger partial charge in [-0.2, -0.15) is 0 Å². The second kappa shape index (κ2) is 8.54. The Morgan fingerprint density at radius 1 is 1.06 bits per heavy atom. The van der Waals surface area contributed by atoms with Crippen LogP contribution in [0.5, 0.6) is 5.75 Å². The van der Waals surface area contributed by atoms with Crippen LogP contribution in [-0.2, 0) is 9.59 Å². The van der Waals surface area contributed by atoms with Gasteiger partial charge in [-0.1, -0.05) is 30.3 Å². The Hall–Kier alpha value is -4.53. The number of nitro groups is 1. The number of aliphatic hydroxyl groups excluding tert-OH is 1. The quantitative estimate of drug-likeness (QED) is 0.204. The van der Waals surface area contributed by atoms with Gasteiger partial charge in [0.05, 0.1) is 23.6 Å². The summed E-state index contributed by atoms with van der Waals surface area (Å²) in [5.41, 5.74) is 0.0687. The molecule has 0 saturated carbocycles. The lowest BCUT2D eigenvalue weighted by molar-refractivity contribution is -0.384. The summed E-state index contributed by atoms with van der Waals surface area (Å²) >= 11 is 0. The van der Waals surface area contributed by atoms with E-state index in [4.69, 9.17) is 4.74 Å². The first-order chi connectivity index (χ1) is 15.8. The van der Waals surface area contributed by atoms with Crippen LogP contribution >= 0.6 is 0 Å². The predicted octanol–water partition coefficient (Wildman–Crippen LogP) is 4.37. The summed E-state index contributed by atoms with van der Waals surface area (Å²) in [4.78, 5) is 37.9. The van der Waals surface area contributed by atoms with Gasteiger partial charge >= 0.3 is 0 Å². The van der Waals surface area contributed by atoms with Crippen LogP contribution in [-0.4, -0.2) is 28.8 Å². The molecule has 3 aromatic rings. The molecule has 1 N–H and O–H groups in total. The fourth-order valence-corrected chi connectivity index (χ4v) is 3.81. The second-order valence-corrected chi connectivity index (χ2v) is 7.19. The molecule has 1 unspecified atom stereocenters. The Morgan fingerprint density at radius 2 is 1.76 bits per heavy atom. The van der Waals surface area contributed by atoms with Crippen molar-refractivity contribution in [3.05, 3.63) is 105 Å². The van der Waals surface area contributed by atoms with Gasteiger partial charge < -0.3 is 9.84 Å². The summed E-state index contributed by atoms with van der Waals surface area (Å²) in [6.07, 6.45) is 0. The highest BCUT2D eigenvalue weighted by Gasteiger charge is 2.48. The lowest BCUT2D eigenvalue weighted by Crippen LogP contribution is -2.29. The van der Waals surface area contributed by atoms with E-state index in [9.17, 15) is 29.2 Å². The second-order valence-electron chi connectivity index (χ2n) is 7.19. The number of para-hydroxylation sites is 1. The van der Waals surface area contributed by atoms with Crippen molar-refractivity contribution in [2.75, 3.05) is 12.0 Å². The third-order valence-electron chi connectivity index (χ3n) is 5.31. The minimum absolute atomic E-state index is 0.00111. The van der Waals surface area contributed by atoms with Crippen molar-refractivity contribution in [1.29, 1.82) is 0 Å². The number of non-ortho nitro benzene ring substituents is 1. The minimum Gasteiger partial charge on any atom is -0.507 e. The summed E-state index contributed by atoms with van der Waals surface area (Å²) in [5.74, 6) is -2.68. The molecule has 0 aromatic heterocycles. The number of ketones is 1. The maximum absolute atomic E-state index is 13.5. The van der Waals surface area contributed by atoms with Crippen molar-refractivity contribution < 1.29 is 28.7 Å². The molecule has 0 radical (unpaired) electrons. The summed E-state index contributed by atoms with van der Waals surface area (Å²) < 4.78 is 18.9. The van der Waals surface area contributed by atoms with Crippen LogP contribution in [0.1, 0.15) is 17.2 Å². The van der Waals surface area contributed by atoms with Crippen LogP contribution in [0.15, 0.2) is 78.4 Å². The van der Waals surface area contributed by atoms with E-state index in [1.807, 2.05) is 0 Å². The first-order valence-corrected chi connectivity index (χ1v) is 9.77. The van der Waals surface area contributed by atoms with Crippen LogP contribution in [0.25, 0.3) is 5.76 Å². The van der Waals surface area contributed by atoms with Gasteiger partial charge in [0.2, 0.25) is 0 Å². The number of carbonyl (C=O) groups excluding carboxylic acids is 2. The summed E-state index contributed by atoms with van der Waals surface area (Å²) in [6, 6.07) is 15.6. The van der Waals surface area contributed by atoms with Crippen LogP contribution in [0.4, 0.5) is 15.8 Å². The monoisotopic (exact) mass is 448 g/mol. The molecule has 1 atom stereocenters. The van der Waals surface area contributed by atoms with E-state index in [1.165, 1.54) is 37.4 Å². The standard InChI is InChI=1S/C24H17FN2O6/c1-33-19-8-3-2-7-18(19)21-20(22(28)14-5-4-6-17(13-14)27(31)32)23(29)24(30)26(21)16-11-9-15(25)10-12-16/h2-13,21,28H,1H3/b22-20+. The van der Waals surface area contributed by atoms with E-state index in [1.54, 1.807) is 24.3 Å². The van der Waals surface area contributed by atoms with Gasteiger partial charge in [-0.15, -0.1) is 0 Å². The Morgan fingerprint density at radius 3 is 2.42 bits per heavy atom. The minimum atomic E-state index is -1.12. The van der Waals surface area contributed by atoms with Crippen LogP contribution in [0.2, 0.25) is 0 Å². The number of halogens is 1. The Labute approximate surface area is 187 Å². The van der Waals surface area contributed by atoms with Gasteiger partial charge in [0, 0.05) is 28.9 Å². The Kier molecular flexibility index (Phi) is 5.61. The molecule has 1 amide bonds. The number of hydrogen-bond donors (Lipinski definition) is 1. The molecule has 33 heavy (non-hydrogen) atoms. The molecule has 1 aliphatic heterocycles. The normalized spacial score (nSPS) is 17.3. The van der Waals surface area contributed by atoms with E-state index in [-0.39, 0.29) is 22.5 Å². The number of methoxy groups -OCH3 is 1. The molecule has 1 heterocycles. The molecular formula is C24H17FN2O6. The topological polar surface area (TPSA) is 110 Å². The number of benzene rings is 3. The van der Waals surface area contributed by atoms with Gasteiger partial charge in [0.25, 0.3) is 17.4 Å². The highest BCUT2D eigenvalue weighted by atomic mass is 19.1. The summed E-state index contributed by atoms with van der Waals surface area (Å²) in [6.45, 7) is 0.